The van der Waals surface area contributed by atoms with Crippen LogP contribution in [0.1, 0.15) is 34.1 Å². The van der Waals surface area contributed by atoms with Crippen molar-refractivity contribution in [2.24, 2.45) is 5.41 Å². The number of amides is 1. The molecule has 0 radical (unpaired) electrons. The molecule has 6 heteroatoms. The van der Waals surface area contributed by atoms with Crippen LogP contribution in [0.5, 0.6) is 11.5 Å². The zero-order valence-corrected chi connectivity index (χ0v) is 14.0. The summed E-state index contributed by atoms with van der Waals surface area (Å²) in [4.78, 5) is 23.9. The molecule has 1 aliphatic heterocycles. The normalized spacial score (nSPS) is 14.8. The molecule has 0 fully saturated rings. The average molecular weight is 321 g/mol. The molecule has 126 valence electrons. The van der Waals surface area contributed by atoms with Crippen molar-refractivity contribution in [3.63, 3.8) is 0 Å². The van der Waals surface area contributed by atoms with Gasteiger partial charge in [-0.05, 0) is 24.5 Å². The maximum absolute atomic E-state index is 12.1. The topological polar surface area (TPSA) is 73.9 Å². The number of hydrogen-bond donors (Lipinski definition) is 1. The third-order valence-electron chi connectivity index (χ3n) is 3.16. The lowest BCUT2D eigenvalue weighted by atomic mass is 9.92. The van der Waals surface area contributed by atoms with Crippen LogP contribution in [0.25, 0.3) is 0 Å². The summed E-state index contributed by atoms with van der Waals surface area (Å²) in [5.74, 6) is 0.469. The van der Waals surface area contributed by atoms with Crippen LogP contribution in [0.4, 0.5) is 5.69 Å². The van der Waals surface area contributed by atoms with E-state index >= 15 is 0 Å². The molecule has 0 aliphatic carbocycles. The number of carbonyl (C=O) groups excluding carboxylic acids is 2. The summed E-state index contributed by atoms with van der Waals surface area (Å²) < 4.78 is 16.1. The van der Waals surface area contributed by atoms with Crippen molar-refractivity contribution in [1.29, 1.82) is 0 Å². The average Bonchev–Trinajstić information content (AvgIpc) is 2.45. The molecule has 0 aromatic heterocycles. The Morgan fingerprint density at radius 2 is 1.87 bits per heavy atom. The first kappa shape index (κ1) is 17.1. The van der Waals surface area contributed by atoms with Gasteiger partial charge in [-0.2, -0.15) is 0 Å². The van der Waals surface area contributed by atoms with Gasteiger partial charge in [0.05, 0.1) is 6.42 Å². The van der Waals surface area contributed by atoms with Gasteiger partial charge in [-0.1, -0.05) is 20.8 Å². The molecular formula is C17H23NO5. The molecule has 1 atom stereocenters. The number of ether oxygens (including phenoxy) is 3. The number of carbonyl (C=O) groups is 2. The van der Waals surface area contributed by atoms with Crippen LogP contribution in [0, 0.1) is 5.41 Å². The Morgan fingerprint density at radius 3 is 2.52 bits per heavy atom. The minimum absolute atomic E-state index is 0.177. The lowest BCUT2D eigenvalue weighted by Gasteiger charge is -2.20. The second-order valence-corrected chi connectivity index (χ2v) is 6.72. The van der Waals surface area contributed by atoms with Crippen LogP contribution in [-0.2, 0) is 14.3 Å². The van der Waals surface area contributed by atoms with Gasteiger partial charge in [0.15, 0.2) is 17.6 Å². The SMILES string of the molecule is CC(OC(=O)CC(C)(C)C)C(=O)Nc1ccc2c(c1)OCCO2. The number of hydrogen-bond acceptors (Lipinski definition) is 5. The maximum atomic E-state index is 12.1. The van der Waals surface area contributed by atoms with E-state index in [1.807, 2.05) is 20.8 Å². The zero-order valence-electron chi connectivity index (χ0n) is 14.0. The Labute approximate surface area is 136 Å². The lowest BCUT2D eigenvalue weighted by molar-refractivity contribution is -0.154. The Morgan fingerprint density at radius 1 is 1.22 bits per heavy atom. The van der Waals surface area contributed by atoms with Crippen molar-refractivity contribution in [2.45, 2.75) is 40.2 Å². The van der Waals surface area contributed by atoms with Gasteiger partial charge in [0, 0.05) is 11.8 Å². The van der Waals surface area contributed by atoms with E-state index < -0.39 is 6.10 Å². The number of rotatable bonds is 4. The van der Waals surface area contributed by atoms with Crippen molar-refractivity contribution in [3.05, 3.63) is 18.2 Å². The highest BCUT2D eigenvalue weighted by molar-refractivity contribution is 5.95. The van der Waals surface area contributed by atoms with Crippen LogP contribution in [-0.4, -0.2) is 31.2 Å². The molecule has 23 heavy (non-hydrogen) atoms. The molecule has 1 heterocycles. The first-order valence-corrected chi connectivity index (χ1v) is 7.64. The van der Waals surface area contributed by atoms with E-state index in [0.29, 0.717) is 30.4 Å². The van der Waals surface area contributed by atoms with E-state index in [1.54, 1.807) is 25.1 Å². The predicted octanol–water partition coefficient (Wildman–Crippen LogP) is 2.76. The molecule has 1 N–H and O–H groups in total. The highest BCUT2D eigenvalue weighted by Gasteiger charge is 2.23. The van der Waals surface area contributed by atoms with Crippen molar-refractivity contribution < 1.29 is 23.8 Å². The van der Waals surface area contributed by atoms with Gasteiger partial charge in [0.2, 0.25) is 0 Å². The molecule has 1 aromatic rings. The Kier molecular flexibility index (Phi) is 5.13. The van der Waals surface area contributed by atoms with Gasteiger partial charge in [-0.3, -0.25) is 9.59 Å². The molecule has 1 unspecified atom stereocenters. The predicted molar refractivity (Wildman–Crippen MR) is 85.7 cm³/mol. The fourth-order valence-electron chi connectivity index (χ4n) is 2.09. The van der Waals surface area contributed by atoms with E-state index in [1.165, 1.54) is 0 Å². The fraction of sp³-hybridized carbons (Fsp3) is 0.529. The first-order valence-electron chi connectivity index (χ1n) is 7.64. The van der Waals surface area contributed by atoms with E-state index in [2.05, 4.69) is 5.32 Å². The van der Waals surface area contributed by atoms with Gasteiger partial charge in [-0.15, -0.1) is 0 Å². The van der Waals surface area contributed by atoms with E-state index in [0.717, 1.165) is 0 Å². The van der Waals surface area contributed by atoms with E-state index in [4.69, 9.17) is 14.2 Å². The minimum Gasteiger partial charge on any atom is -0.486 e. The highest BCUT2D eigenvalue weighted by atomic mass is 16.6. The second kappa shape index (κ2) is 6.89. The van der Waals surface area contributed by atoms with Crippen molar-refractivity contribution in [3.8, 4) is 11.5 Å². The summed E-state index contributed by atoms with van der Waals surface area (Å²) in [6.07, 6.45) is -0.604. The van der Waals surface area contributed by atoms with Gasteiger partial charge in [0.25, 0.3) is 5.91 Å². The van der Waals surface area contributed by atoms with E-state index in [-0.39, 0.29) is 23.7 Å². The second-order valence-electron chi connectivity index (χ2n) is 6.72. The number of benzene rings is 1. The first-order chi connectivity index (χ1) is 10.7. The lowest BCUT2D eigenvalue weighted by Crippen LogP contribution is -2.31. The molecule has 0 saturated heterocycles. The van der Waals surface area contributed by atoms with Gasteiger partial charge >= 0.3 is 5.97 Å². The monoisotopic (exact) mass is 321 g/mol. The van der Waals surface area contributed by atoms with Crippen molar-refractivity contribution >= 4 is 17.6 Å². The van der Waals surface area contributed by atoms with Crippen LogP contribution < -0.4 is 14.8 Å². The molecule has 0 saturated carbocycles. The minimum atomic E-state index is -0.863. The molecule has 6 nitrogen and oxygen atoms in total. The summed E-state index contributed by atoms with van der Waals surface area (Å²) in [5.41, 5.74) is 0.390. The largest absolute Gasteiger partial charge is 0.486 e. The van der Waals surface area contributed by atoms with Gasteiger partial charge in [0.1, 0.15) is 13.2 Å². The maximum Gasteiger partial charge on any atom is 0.307 e. The number of esters is 1. The highest BCUT2D eigenvalue weighted by Crippen LogP contribution is 2.32. The molecule has 0 bridgehead atoms. The summed E-state index contributed by atoms with van der Waals surface area (Å²) >= 11 is 0. The summed E-state index contributed by atoms with van der Waals surface area (Å²) in [7, 11) is 0. The summed E-state index contributed by atoms with van der Waals surface area (Å²) in [5, 5.41) is 2.71. The molecule has 2 rings (SSSR count). The summed E-state index contributed by atoms with van der Waals surface area (Å²) in [6.45, 7) is 8.36. The third-order valence-corrected chi connectivity index (χ3v) is 3.16. The quantitative estimate of drug-likeness (QED) is 0.863. The van der Waals surface area contributed by atoms with E-state index in [9.17, 15) is 9.59 Å². The number of anilines is 1. The number of fused-ring (bicyclic) bond motifs is 1. The molecule has 1 aromatic carbocycles. The number of nitrogens with one attached hydrogen (secondary N) is 1. The third kappa shape index (κ3) is 5.16. The molecule has 1 amide bonds. The van der Waals surface area contributed by atoms with Crippen LogP contribution in [0.3, 0.4) is 0 Å². The zero-order chi connectivity index (χ0) is 17.0. The van der Waals surface area contributed by atoms with Crippen molar-refractivity contribution in [1.82, 2.24) is 0 Å². The molecule has 1 aliphatic rings. The van der Waals surface area contributed by atoms with Crippen LogP contribution in [0.15, 0.2) is 18.2 Å². The fourth-order valence-corrected chi connectivity index (χ4v) is 2.09. The van der Waals surface area contributed by atoms with Crippen molar-refractivity contribution in [2.75, 3.05) is 18.5 Å². The molecular weight excluding hydrogens is 298 g/mol. The Balaban J connectivity index is 1.92. The smallest absolute Gasteiger partial charge is 0.307 e. The van der Waals surface area contributed by atoms with Gasteiger partial charge in [-0.25, -0.2) is 0 Å². The molecule has 0 spiro atoms. The standard InChI is InChI=1S/C17H23NO5/c1-11(23-15(19)10-17(2,3)4)16(20)18-12-5-6-13-14(9-12)22-8-7-21-13/h5-6,9,11H,7-8,10H2,1-4H3,(H,18,20). The van der Waals surface area contributed by atoms with Crippen LogP contribution >= 0.6 is 0 Å². The summed E-state index contributed by atoms with van der Waals surface area (Å²) in [6, 6.07) is 5.14. The van der Waals surface area contributed by atoms with Crippen LogP contribution in [0.2, 0.25) is 0 Å². The Bertz CT molecular complexity index is 591. The Hall–Kier alpha value is -2.24. The van der Waals surface area contributed by atoms with Gasteiger partial charge < -0.3 is 19.5 Å².